The summed E-state index contributed by atoms with van der Waals surface area (Å²) in [6.07, 6.45) is 2.09. The van der Waals surface area contributed by atoms with Crippen LogP contribution in [0, 0.1) is 0 Å². The summed E-state index contributed by atoms with van der Waals surface area (Å²) in [6, 6.07) is 6.12. The molecule has 0 spiro atoms. The van der Waals surface area contributed by atoms with Crippen molar-refractivity contribution in [1.82, 2.24) is 15.1 Å². The van der Waals surface area contributed by atoms with Crippen molar-refractivity contribution in [2.24, 2.45) is 0 Å². The van der Waals surface area contributed by atoms with Gasteiger partial charge in [0.05, 0.1) is 12.7 Å². The molecule has 7 heteroatoms. The number of hydrogen-bond donors (Lipinski definition) is 1. The van der Waals surface area contributed by atoms with Gasteiger partial charge in [-0.2, -0.15) is 5.10 Å². The molecule has 4 rings (SSSR count). The van der Waals surface area contributed by atoms with Gasteiger partial charge in [0.2, 0.25) is 0 Å². The van der Waals surface area contributed by atoms with E-state index in [1.54, 1.807) is 30.4 Å². The number of nitrogens with zero attached hydrogens (tertiary/aromatic N) is 2. The van der Waals surface area contributed by atoms with Gasteiger partial charge in [0.1, 0.15) is 29.5 Å². The summed E-state index contributed by atoms with van der Waals surface area (Å²) < 4.78 is 12.2. The van der Waals surface area contributed by atoms with Crippen molar-refractivity contribution in [1.29, 1.82) is 0 Å². The Labute approximate surface area is 192 Å². The summed E-state index contributed by atoms with van der Waals surface area (Å²) in [5, 5.41) is 9.60. The van der Waals surface area contributed by atoms with Crippen molar-refractivity contribution in [2.45, 2.75) is 46.8 Å². The molecule has 1 N–H and O–H groups in total. The molecule has 0 aliphatic carbocycles. The van der Waals surface area contributed by atoms with Crippen LogP contribution in [0.25, 0.3) is 27.8 Å². The number of ether oxygens (including phenoxy) is 2. The van der Waals surface area contributed by atoms with E-state index in [2.05, 4.69) is 36.2 Å². The van der Waals surface area contributed by atoms with Crippen molar-refractivity contribution in [3.8, 4) is 33.2 Å². The second-order valence-corrected chi connectivity index (χ2v) is 10.1. The maximum atomic E-state index is 13.2. The first-order chi connectivity index (χ1) is 15.1. The topological polar surface area (TPSA) is 67.5 Å². The summed E-state index contributed by atoms with van der Waals surface area (Å²) >= 11 is 1.63. The lowest BCUT2D eigenvalue weighted by molar-refractivity contribution is 0.0647. The molecular formula is C25H29N3O3S. The maximum absolute atomic E-state index is 13.2. The minimum atomic E-state index is -0.307. The smallest absolute Gasteiger partial charge is 0.272 e. The van der Waals surface area contributed by atoms with Crippen LogP contribution in [0.15, 0.2) is 29.2 Å². The zero-order valence-electron chi connectivity index (χ0n) is 19.6. The van der Waals surface area contributed by atoms with E-state index in [0.29, 0.717) is 5.69 Å². The predicted molar refractivity (Wildman–Crippen MR) is 129 cm³/mol. The van der Waals surface area contributed by atoms with Gasteiger partial charge in [-0.3, -0.25) is 9.89 Å². The van der Waals surface area contributed by atoms with Gasteiger partial charge in [-0.1, -0.05) is 17.7 Å². The fraction of sp³-hybridized carbons (Fsp3) is 0.360. The van der Waals surface area contributed by atoms with E-state index in [4.69, 9.17) is 9.47 Å². The number of aromatic amines is 1. The first-order valence-electron chi connectivity index (χ1n) is 10.6. The van der Waals surface area contributed by atoms with Crippen LogP contribution in [0.2, 0.25) is 0 Å². The average Bonchev–Trinajstić information content (AvgIpc) is 3.40. The van der Waals surface area contributed by atoms with Gasteiger partial charge in [-0.25, -0.2) is 0 Å². The molecule has 0 unspecified atom stereocenters. The Kier molecular flexibility index (Phi) is 5.63. The van der Waals surface area contributed by atoms with Crippen molar-refractivity contribution in [2.75, 3.05) is 14.2 Å². The van der Waals surface area contributed by atoms with E-state index < -0.39 is 0 Å². The Balaban J connectivity index is 1.94. The molecule has 0 atom stereocenters. The quantitative estimate of drug-likeness (QED) is 0.528. The van der Waals surface area contributed by atoms with Crippen LogP contribution < -0.4 is 9.47 Å². The second kappa shape index (κ2) is 8.13. The fourth-order valence-electron chi connectivity index (χ4n) is 3.80. The van der Waals surface area contributed by atoms with Crippen LogP contribution in [0.1, 0.15) is 56.2 Å². The molecule has 0 fully saturated rings. The monoisotopic (exact) mass is 451 g/mol. The summed E-state index contributed by atoms with van der Waals surface area (Å²) in [5.41, 5.74) is 5.58. The number of benzene rings is 1. The number of H-pyrrole nitrogens is 1. The van der Waals surface area contributed by atoms with Gasteiger partial charge in [-0.15, -0.1) is 11.3 Å². The summed E-state index contributed by atoms with van der Waals surface area (Å²) in [5.74, 6) is 1.40. The highest BCUT2D eigenvalue weighted by atomic mass is 32.1. The lowest BCUT2D eigenvalue weighted by Crippen LogP contribution is -2.43. The van der Waals surface area contributed by atoms with Gasteiger partial charge in [0.25, 0.3) is 5.91 Å². The summed E-state index contributed by atoms with van der Waals surface area (Å²) in [4.78, 5) is 16.0. The molecule has 32 heavy (non-hydrogen) atoms. The Morgan fingerprint density at radius 1 is 1.34 bits per heavy atom. The highest BCUT2D eigenvalue weighted by molar-refractivity contribution is 7.13. The molecule has 1 aromatic carbocycles. The van der Waals surface area contributed by atoms with Crippen LogP contribution in [0.5, 0.6) is 11.5 Å². The number of hydrogen-bond acceptors (Lipinski definition) is 5. The number of rotatable bonds is 4. The number of nitrogens with one attached hydrogen (secondary N) is 1. The number of allylic oxidation sites excluding steroid dienone is 1. The maximum Gasteiger partial charge on any atom is 0.272 e. The highest BCUT2D eigenvalue weighted by Crippen LogP contribution is 2.51. The Morgan fingerprint density at radius 2 is 2.09 bits per heavy atom. The Hall–Kier alpha value is -3.06. The summed E-state index contributed by atoms with van der Waals surface area (Å²) in [6.45, 7) is 10.4. The van der Waals surface area contributed by atoms with Crippen LogP contribution in [-0.4, -0.2) is 40.7 Å². The van der Waals surface area contributed by atoms with E-state index in [9.17, 15) is 4.79 Å². The molecule has 1 amide bonds. The first kappa shape index (κ1) is 22.1. The normalized spacial score (nSPS) is 12.5. The number of carbonyl (C=O) groups is 1. The third-order valence-corrected chi connectivity index (χ3v) is 6.57. The molecule has 6 nitrogen and oxygen atoms in total. The minimum Gasteiger partial charge on any atom is -0.495 e. The molecule has 168 valence electrons. The molecule has 2 aromatic heterocycles. The Bertz CT molecular complexity index is 1200. The van der Waals surface area contributed by atoms with Crippen LogP contribution >= 0.6 is 11.3 Å². The van der Waals surface area contributed by atoms with Gasteiger partial charge in [0.15, 0.2) is 0 Å². The number of fused-ring (bicyclic) bond motifs is 3. The van der Waals surface area contributed by atoms with E-state index in [0.717, 1.165) is 49.9 Å². The molecule has 0 saturated carbocycles. The zero-order valence-corrected chi connectivity index (χ0v) is 20.4. The lowest BCUT2D eigenvalue weighted by Gasteiger charge is -2.32. The standard InChI is InChI=1S/C25H29N3O3S/c1-14(2)11-15-12-16-20-17(21(27-26-20)24(29)28(6)25(3,4)5)13-31-23(16)19(22(15)30-7)18-9-8-10-32-18/h8-12H,13H2,1-7H3,(H,26,27). The second-order valence-electron chi connectivity index (χ2n) is 9.20. The van der Waals surface area contributed by atoms with Gasteiger partial charge < -0.3 is 14.4 Å². The van der Waals surface area contributed by atoms with Gasteiger partial charge >= 0.3 is 0 Å². The average molecular weight is 452 g/mol. The third kappa shape index (κ3) is 3.71. The largest absolute Gasteiger partial charge is 0.495 e. The lowest BCUT2D eigenvalue weighted by atomic mass is 9.94. The van der Waals surface area contributed by atoms with Gasteiger partial charge in [0, 0.05) is 34.2 Å². The van der Waals surface area contributed by atoms with Gasteiger partial charge in [-0.05, 0) is 52.1 Å². The first-order valence-corrected chi connectivity index (χ1v) is 11.4. The fourth-order valence-corrected chi connectivity index (χ4v) is 4.56. The van der Waals surface area contributed by atoms with E-state index in [1.165, 1.54) is 0 Å². The highest BCUT2D eigenvalue weighted by Gasteiger charge is 2.34. The molecule has 0 radical (unpaired) electrons. The molecule has 3 aromatic rings. The van der Waals surface area contributed by atoms with Crippen LogP contribution in [0.3, 0.4) is 0 Å². The van der Waals surface area contributed by atoms with Crippen LogP contribution in [-0.2, 0) is 6.61 Å². The van der Waals surface area contributed by atoms with E-state index in [1.807, 2.05) is 38.3 Å². The molecule has 1 aliphatic rings. The molecule has 0 bridgehead atoms. The molecular weight excluding hydrogens is 422 g/mol. The van der Waals surface area contributed by atoms with E-state index in [-0.39, 0.29) is 18.1 Å². The van der Waals surface area contributed by atoms with Crippen LogP contribution in [0.4, 0.5) is 0 Å². The molecule has 1 aliphatic heterocycles. The number of methoxy groups -OCH3 is 1. The minimum absolute atomic E-state index is 0.102. The third-order valence-electron chi connectivity index (χ3n) is 5.68. The SMILES string of the molecule is COc1c(C=C(C)C)cc2c(c1-c1cccs1)OCc1c-2n[nH]c1C(=O)N(C)C(C)(C)C. The van der Waals surface area contributed by atoms with E-state index >= 15 is 0 Å². The van der Waals surface area contributed by atoms with Crippen molar-refractivity contribution in [3.63, 3.8) is 0 Å². The zero-order chi connectivity index (χ0) is 23.2. The number of aromatic nitrogens is 2. The molecule has 0 saturated heterocycles. The van der Waals surface area contributed by atoms with Crippen molar-refractivity contribution < 1.29 is 14.3 Å². The Morgan fingerprint density at radius 3 is 2.69 bits per heavy atom. The number of carbonyl (C=O) groups excluding carboxylic acids is 1. The number of thiophene rings is 1. The predicted octanol–water partition coefficient (Wildman–Crippen LogP) is 6.00. The van der Waals surface area contributed by atoms with Crippen molar-refractivity contribution in [3.05, 3.63) is 46.0 Å². The summed E-state index contributed by atoms with van der Waals surface area (Å²) in [7, 11) is 3.49. The number of amides is 1. The molecule has 3 heterocycles. The van der Waals surface area contributed by atoms with Crippen molar-refractivity contribution >= 4 is 23.3 Å².